The minimum Gasteiger partial charge on any atom is -0.481 e. The predicted octanol–water partition coefficient (Wildman–Crippen LogP) is 1.21. The van der Waals surface area contributed by atoms with Crippen molar-refractivity contribution in [3.05, 3.63) is 0 Å². The van der Waals surface area contributed by atoms with Gasteiger partial charge in [-0.3, -0.25) is 4.79 Å². The molecule has 110 valence electrons. The molecule has 0 aromatic carbocycles. The maximum Gasteiger partial charge on any atom is 0.315 e. The Labute approximate surface area is 113 Å². The molecule has 0 saturated carbocycles. The zero-order valence-corrected chi connectivity index (χ0v) is 12.2. The van der Waals surface area contributed by atoms with Crippen molar-refractivity contribution < 1.29 is 19.4 Å². The molecule has 1 aliphatic rings. The summed E-state index contributed by atoms with van der Waals surface area (Å²) in [6.07, 6.45) is 0. The average Bonchev–Trinajstić information content (AvgIpc) is 2.60. The molecular formula is C13H24N2O4. The Balaban J connectivity index is 2.60. The topological polar surface area (TPSA) is 87.7 Å². The molecule has 0 aromatic rings. The van der Waals surface area contributed by atoms with Crippen molar-refractivity contribution in [1.82, 2.24) is 10.6 Å². The molecule has 1 rings (SSSR count). The fraction of sp³-hybridized carbons (Fsp3) is 0.846. The van der Waals surface area contributed by atoms with E-state index < -0.39 is 17.4 Å². The molecule has 3 unspecified atom stereocenters. The number of nitrogens with one attached hydrogen (secondary N) is 2. The molecule has 1 heterocycles. The molecule has 1 saturated heterocycles. The van der Waals surface area contributed by atoms with Crippen LogP contribution in [0.4, 0.5) is 4.79 Å². The first-order chi connectivity index (χ1) is 8.57. The van der Waals surface area contributed by atoms with Crippen LogP contribution in [0.25, 0.3) is 0 Å². The smallest absolute Gasteiger partial charge is 0.315 e. The van der Waals surface area contributed by atoms with Crippen molar-refractivity contribution in [3.8, 4) is 0 Å². The van der Waals surface area contributed by atoms with Crippen LogP contribution in [0.5, 0.6) is 0 Å². The van der Waals surface area contributed by atoms with Gasteiger partial charge in [-0.05, 0) is 19.3 Å². The van der Waals surface area contributed by atoms with Crippen LogP contribution in [0.2, 0.25) is 0 Å². The Morgan fingerprint density at radius 1 is 1.42 bits per heavy atom. The average molecular weight is 272 g/mol. The molecule has 1 aliphatic heterocycles. The van der Waals surface area contributed by atoms with Gasteiger partial charge in [0.25, 0.3) is 0 Å². The first kappa shape index (κ1) is 15.8. The summed E-state index contributed by atoms with van der Waals surface area (Å²) in [5.41, 5.74) is -1.12. The molecule has 6 nitrogen and oxygen atoms in total. The Kier molecular flexibility index (Phi) is 4.45. The third-order valence-corrected chi connectivity index (χ3v) is 3.90. The molecular weight excluding hydrogens is 248 g/mol. The predicted molar refractivity (Wildman–Crippen MR) is 70.9 cm³/mol. The standard InChI is InChI=1S/C13H24N2O4/c1-8(12(2,3)4)14-11(18)15-9-6-19-7-13(9,5)10(16)17/h8-9H,6-7H2,1-5H3,(H,16,17)(H2,14,15,18). The molecule has 19 heavy (non-hydrogen) atoms. The number of hydrogen-bond acceptors (Lipinski definition) is 3. The van der Waals surface area contributed by atoms with E-state index >= 15 is 0 Å². The maximum absolute atomic E-state index is 11.9. The van der Waals surface area contributed by atoms with Crippen molar-refractivity contribution in [3.63, 3.8) is 0 Å². The van der Waals surface area contributed by atoms with Crippen molar-refractivity contribution in [2.24, 2.45) is 10.8 Å². The van der Waals surface area contributed by atoms with E-state index in [1.165, 1.54) is 0 Å². The maximum atomic E-state index is 11.9. The molecule has 3 N–H and O–H groups in total. The van der Waals surface area contributed by atoms with Crippen LogP contribution in [-0.4, -0.2) is 42.4 Å². The first-order valence-corrected chi connectivity index (χ1v) is 6.45. The SMILES string of the molecule is CC(NC(=O)NC1COCC1(C)C(=O)O)C(C)(C)C. The first-order valence-electron chi connectivity index (χ1n) is 6.45. The number of carboxylic acid groups (broad SMARTS) is 1. The fourth-order valence-electron chi connectivity index (χ4n) is 1.70. The van der Waals surface area contributed by atoms with Crippen molar-refractivity contribution in [2.45, 2.75) is 46.7 Å². The molecule has 2 amide bonds. The van der Waals surface area contributed by atoms with Crippen molar-refractivity contribution in [2.75, 3.05) is 13.2 Å². The van der Waals surface area contributed by atoms with Gasteiger partial charge in [0, 0.05) is 6.04 Å². The number of urea groups is 1. The van der Waals surface area contributed by atoms with E-state index in [2.05, 4.69) is 10.6 Å². The Morgan fingerprint density at radius 3 is 2.47 bits per heavy atom. The highest BCUT2D eigenvalue weighted by Gasteiger charge is 2.47. The van der Waals surface area contributed by atoms with Crippen molar-refractivity contribution >= 4 is 12.0 Å². The third-order valence-electron chi connectivity index (χ3n) is 3.90. The number of amides is 2. The van der Waals surface area contributed by atoms with Gasteiger partial charge in [-0.1, -0.05) is 20.8 Å². The second kappa shape index (κ2) is 5.36. The third kappa shape index (κ3) is 3.59. The van der Waals surface area contributed by atoms with Crippen LogP contribution in [0.3, 0.4) is 0 Å². The van der Waals surface area contributed by atoms with Crippen LogP contribution < -0.4 is 10.6 Å². The summed E-state index contributed by atoms with van der Waals surface area (Å²) in [5.74, 6) is -0.959. The summed E-state index contributed by atoms with van der Waals surface area (Å²) in [5, 5.41) is 14.7. The lowest BCUT2D eigenvalue weighted by atomic mass is 9.85. The monoisotopic (exact) mass is 272 g/mol. The summed E-state index contributed by atoms with van der Waals surface area (Å²) in [7, 11) is 0. The second-order valence-corrected chi connectivity index (χ2v) is 6.50. The molecule has 0 spiro atoms. The van der Waals surface area contributed by atoms with E-state index in [1.54, 1.807) is 6.92 Å². The number of carboxylic acids is 1. The lowest BCUT2D eigenvalue weighted by Crippen LogP contribution is -2.55. The Morgan fingerprint density at radius 2 is 2.00 bits per heavy atom. The van der Waals surface area contributed by atoms with Crippen molar-refractivity contribution in [1.29, 1.82) is 0 Å². The molecule has 6 heteroatoms. The largest absolute Gasteiger partial charge is 0.481 e. The normalized spacial score (nSPS) is 28.8. The Bertz CT molecular complexity index is 364. The van der Waals surface area contributed by atoms with Gasteiger partial charge in [-0.25, -0.2) is 4.79 Å². The fourth-order valence-corrected chi connectivity index (χ4v) is 1.70. The molecule has 3 atom stereocenters. The molecule has 0 radical (unpaired) electrons. The summed E-state index contributed by atoms with van der Waals surface area (Å²) in [6, 6.07) is -0.895. The second-order valence-electron chi connectivity index (χ2n) is 6.50. The van der Waals surface area contributed by atoms with Gasteiger partial charge in [-0.15, -0.1) is 0 Å². The van der Waals surface area contributed by atoms with Gasteiger partial charge in [-0.2, -0.15) is 0 Å². The quantitative estimate of drug-likeness (QED) is 0.720. The highest BCUT2D eigenvalue weighted by Crippen LogP contribution is 2.28. The van der Waals surface area contributed by atoms with E-state index in [-0.39, 0.29) is 30.7 Å². The van der Waals surface area contributed by atoms with Gasteiger partial charge in [0.05, 0.1) is 19.3 Å². The van der Waals surface area contributed by atoms with E-state index in [4.69, 9.17) is 4.74 Å². The zero-order valence-electron chi connectivity index (χ0n) is 12.2. The van der Waals surface area contributed by atoms with Gasteiger partial charge in [0.15, 0.2) is 0 Å². The highest BCUT2D eigenvalue weighted by atomic mass is 16.5. The molecule has 0 bridgehead atoms. The number of hydrogen-bond donors (Lipinski definition) is 3. The summed E-state index contributed by atoms with van der Waals surface area (Å²) in [6.45, 7) is 9.91. The van der Waals surface area contributed by atoms with Crippen LogP contribution in [-0.2, 0) is 9.53 Å². The zero-order chi connectivity index (χ0) is 14.8. The summed E-state index contributed by atoms with van der Waals surface area (Å²) in [4.78, 5) is 23.1. The van der Waals surface area contributed by atoms with Gasteiger partial charge >= 0.3 is 12.0 Å². The van der Waals surface area contributed by atoms with Crippen LogP contribution in [0.1, 0.15) is 34.6 Å². The lowest BCUT2D eigenvalue weighted by molar-refractivity contribution is -0.148. The van der Waals surface area contributed by atoms with E-state index in [1.807, 2.05) is 27.7 Å². The number of carbonyl (C=O) groups is 2. The minimum absolute atomic E-state index is 0.0223. The number of ether oxygens (including phenoxy) is 1. The van der Waals surface area contributed by atoms with Gasteiger partial charge < -0.3 is 20.5 Å². The number of aliphatic carboxylic acids is 1. The van der Waals surface area contributed by atoms with Crippen LogP contribution >= 0.6 is 0 Å². The minimum atomic E-state index is -1.07. The molecule has 0 aliphatic carbocycles. The van der Waals surface area contributed by atoms with Gasteiger partial charge in [0.1, 0.15) is 5.41 Å². The van der Waals surface area contributed by atoms with Gasteiger partial charge in [0.2, 0.25) is 0 Å². The highest BCUT2D eigenvalue weighted by molar-refractivity contribution is 5.79. The van der Waals surface area contributed by atoms with E-state index in [9.17, 15) is 14.7 Å². The van der Waals surface area contributed by atoms with E-state index in [0.717, 1.165) is 0 Å². The molecule has 0 aromatic heterocycles. The summed E-state index contributed by atoms with van der Waals surface area (Å²) < 4.78 is 5.18. The molecule has 1 fully saturated rings. The number of carbonyl (C=O) groups excluding carboxylic acids is 1. The number of rotatable bonds is 3. The summed E-state index contributed by atoms with van der Waals surface area (Å²) >= 11 is 0. The van der Waals surface area contributed by atoms with Crippen LogP contribution in [0, 0.1) is 10.8 Å². The van der Waals surface area contributed by atoms with Crippen LogP contribution in [0.15, 0.2) is 0 Å². The lowest BCUT2D eigenvalue weighted by Gasteiger charge is -2.30. The van der Waals surface area contributed by atoms with E-state index in [0.29, 0.717) is 0 Å². The Hall–Kier alpha value is -1.30.